The number of aromatic nitrogens is 1. The zero-order chi connectivity index (χ0) is 19.2. The largest absolute Gasteiger partial charge is 0.496 e. The third kappa shape index (κ3) is 4.38. The second-order valence-corrected chi connectivity index (χ2v) is 5.65. The lowest BCUT2D eigenvalue weighted by Crippen LogP contribution is -2.23. The van der Waals surface area contributed by atoms with E-state index in [-0.39, 0.29) is 24.0 Å². The molecular weight excluding hydrogens is 352 g/mol. The van der Waals surface area contributed by atoms with Gasteiger partial charge in [0.25, 0.3) is 5.91 Å². The SMILES string of the molecule is COc1ccccc1CNC(=O)c1ccnc(Nc2c(F)cccc2F)c1. The molecule has 2 aromatic carbocycles. The molecule has 5 nitrogen and oxygen atoms in total. The first-order valence-electron chi connectivity index (χ1n) is 8.15. The molecule has 0 spiro atoms. The Kier molecular flexibility index (Phi) is 5.61. The lowest BCUT2D eigenvalue weighted by atomic mass is 10.2. The van der Waals surface area contributed by atoms with E-state index in [4.69, 9.17) is 4.74 Å². The first-order valence-corrected chi connectivity index (χ1v) is 8.15. The van der Waals surface area contributed by atoms with E-state index in [2.05, 4.69) is 15.6 Å². The quantitative estimate of drug-likeness (QED) is 0.688. The zero-order valence-electron chi connectivity index (χ0n) is 14.5. The van der Waals surface area contributed by atoms with E-state index in [1.54, 1.807) is 13.2 Å². The highest BCUT2D eigenvalue weighted by atomic mass is 19.1. The number of rotatable bonds is 6. The highest BCUT2D eigenvalue weighted by Gasteiger charge is 2.12. The van der Waals surface area contributed by atoms with Gasteiger partial charge in [-0.2, -0.15) is 0 Å². The summed E-state index contributed by atoms with van der Waals surface area (Å²) in [6, 6.07) is 13.8. The average molecular weight is 369 g/mol. The molecule has 3 aromatic rings. The van der Waals surface area contributed by atoms with Crippen molar-refractivity contribution >= 4 is 17.4 Å². The fourth-order valence-electron chi connectivity index (χ4n) is 2.51. The van der Waals surface area contributed by atoms with E-state index in [9.17, 15) is 13.6 Å². The standard InChI is InChI=1S/C20H17F2N3O2/c1-27-17-8-3-2-5-14(17)12-24-20(26)13-9-10-23-18(11-13)25-19-15(21)6-4-7-16(19)22/h2-11H,12H2,1H3,(H,23,25)(H,24,26). The van der Waals surface area contributed by atoms with Crippen LogP contribution in [0.25, 0.3) is 0 Å². The van der Waals surface area contributed by atoms with Gasteiger partial charge in [-0.25, -0.2) is 13.8 Å². The summed E-state index contributed by atoms with van der Waals surface area (Å²) in [5, 5.41) is 5.35. The molecule has 2 N–H and O–H groups in total. The molecule has 0 bridgehead atoms. The van der Waals surface area contributed by atoms with Gasteiger partial charge in [-0.05, 0) is 30.3 Å². The molecule has 0 aliphatic carbocycles. The van der Waals surface area contributed by atoms with Crippen LogP contribution in [-0.4, -0.2) is 18.0 Å². The molecule has 0 atom stereocenters. The van der Waals surface area contributed by atoms with Crippen LogP contribution in [0.2, 0.25) is 0 Å². The Morgan fingerprint density at radius 3 is 2.56 bits per heavy atom. The fraction of sp³-hybridized carbons (Fsp3) is 0.100. The molecule has 1 aromatic heterocycles. The van der Waals surface area contributed by atoms with Gasteiger partial charge in [0, 0.05) is 23.9 Å². The minimum Gasteiger partial charge on any atom is -0.496 e. The molecule has 0 unspecified atom stereocenters. The van der Waals surface area contributed by atoms with E-state index in [0.717, 1.165) is 17.7 Å². The number of carbonyl (C=O) groups excluding carboxylic acids is 1. The second kappa shape index (κ2) is 8.27. The molecular formula is C20H17F2N3O2. The molecule has 0 aliphatic rings. The Morgan fingerprint density at radius 1 is 1.07 bits per heavy atom. The number of para-hydroxylation sites is 2. The maximum atomic E-state index is 13.8. The first kappa shape index (κ1) is 18.3. The first-order chi connectivity index (χ1) is 13.1. The number of nitrogens with zero attached hydrogens (tertiary/aromatic N) is 1. The Labute approximate surface area is 155 Å². The van der Waals surface area contributed by atoms with Crippen LogP contribution in [0.4, 0.5) is 20.3 Å². The van der Waals surface area contributed by atoms with Crippen molar-refractivity contribution in [2.24, 2.45) is 0 Å². The number of hydrogen-bond acceptors (Lipinski definition) is 4. The molecule has 0 radical (unpaired) electrons. The van der Waals surface area contributed by atoms with Gasteiger partial charge in [-0.3, -0.25) is 4.79 Å². The van der Waals surface area contributed by atoms with E-state index >= 15 is 0 Å². The molecule has 0 fully saturated rings. The molecule has 7 heteroatoms. The predicted octanol–water partition coefficient (Wildman–Crippen LogP) is 4.04. The zero-order valence-corrected chi connectivity index (χ0v) is 14.5. The Bertz CT molecular complexity index is 943. The number of anilines is 2. The van der Waals surface area contributed by atoms with Crippen LogP contribution in [0.3, 0.4) is 0 Å². The van der Waals surface area contributed by atoms with Crippen molar-refractivity contribution in [2.75, 3.05) is 12.4 Å². The lowest BCUT2D eigenvalue weighted by molar-refractivity contribution is 0.0950. The third-order valence-corrected chi connectivity index (χ3v) is 3.87. The number of hydrogen-bond donors (Lipinski definition) is 2. The summed E-state index contributed by atoms with van der Waals surface area (Å²) in [7, 11) is 1.56. The summed E-state index contributed by atoms with van der Waals surface area (Å²) in [6.07, 6.45) is 1.39. The van der Waals surface area contributed by atoms with Crippen molar-refractivity contribution in [3.8, 4) is 5.75 Å². The van der Waals surface area contributed by atoms with Crippen molar-refractivity contribution in [1.29, 1.82) is 0 Å². The number of carbonyl (C=O) groups is 1. The summed E-state index contributed by atoms with van der Waals surface area (Å²) >= 11 is 0. The minimum absolute atomic E-state index is 0.156. The molecule has 0 saturated carbocycles. The summed E-state index contributed by atoms with van der Waals surface area (Å²) in [4.78, 5) is 16.4. The van der Waals surface area contributed by atoms with Crippen LogP contribution in [0.5, 0.6) is 5.75 Å². The van der Waals surface area contributed by atoms with Crippen molar-refractivity contribution in [1.82, 2.24) is 10.3 Å². The van der Waals surface area contributed by atoms with Gasteiger partial charge in [0.1, 0.15) is 28.9 Å². The topological polar surface area (TPSA) is 63.2 Å². The lowest BCUT2D eigenvalue weighted by Gasteiger charge is -2.11. The molecule has 27 heavy (non-hydrogen) atoms. The molecule has 3 rings (SSSR count). The second-order valence-electron chi connectivity index (χ2n) is 5.65. The molecule has 0 aliphatic heterocycles. The summed E-state index contributed by atoms with van der Waals surface area (Å²) in [5.41, 5.74) is 0.810. The minimum atomic E-state index is -0.747. The van der Waals surface area contributed by atoms with Gasteiger partial charge in [-0.1, -0.05) is 24.3 Å². The monoisotopic (exact) mass is 369 g/mol. The van der Waals surface area contributed by atoms with Crippen LogP contribution in [-0.2, 0) is 6.54 Å². The van der Waals surface area contributed by atoms with Crippen LogP contribution in [0.1, 0.15) is 15.9 Å². The highest BCUT2D eigenvalue weighted by Crippen LogP contribution is 2.22. The molecule has 1 amide bonds. The van der Waals surface area contributed by atoms with Gasteiger partial charge < -0.3 is 15.4 Å². The van der Waals surface area contributed by atoms with Crippen molar-refractivity contribution in [3.63, 3.8) is 0 Å². The number of ether oxygens (including phenoxy) is 1. The summed E-state index contributed by atoms with van der Waals surface area (Å²) in [6.45, 7) is 0.274. The normalized spacial score (nSPS) is 10.3. The maximum Gasteiger partial charge on any atom is 0.251 e. The maximum absolute atomic E-state index is 13.8. The molecule has 1 heterocycles. The number of methoxy groups -OCH3 is 1. The molecule has 138 valence electrons. The summed E-state index contributed by atoms with van der Waals surface area (Å²) < 4.78 is 32.8. The highest BCUT2D eigenvalue weighted by molar-refractivity contribution is 5.94. The van der Waals surface area contributed by atoms with Gasteiger partial charge in [0.15, 0.2) is 0 Å². The number of benzene rings is 2. The van der Waals surface area contributed by atoms with Crippen LogP contribution in [0, 0.1) is 11.6 Å². The summed E-state index contributed by atoms with van der Waals surface area (Å²) in [5.74, 6) is -1.01. The van der Waals surface area contributed by atoms with Gasteiger partial charge in [0.2, 0.25) is 0 Å². The van der Waals surface area contributed by atoms with Crippen molar-refractivity contribution in [3.05, 3.63) is 83.6 Å². The van der Waals surface area contributed by atoms with E-state index < -0.39 is 11.6 Å². The Morgan fingerprint density at radius 2 is 1.81 bits per heavy atom. The number of pyridine rings is 1. The number of halogens is 2. The number of amides is 1. The third-order valence-electron chi connectivity index (χ3n) is 3.87. The van der Waals surface area contributed by atoms with E-state index in [1.807, 2.05) is 18.2 Å². The van der Waals surface area contributed by atoms with Crippen LogP contribution >= 0.6 is 0 Å². The average Bonchev–Trinajstić information content (AvgIpc) is 2.69. The predicted molar refractivity (Wildman–Crippen MR) is 98.0 cm³/mol. The van der Waals surface area contributed by atoms with Crippen molar-refractivity contribution in [2.45, 2.75) is 6.54 Å². The smallest absolute Gasteiger partial charge is 0.251 e. The van der Waals surface area contributed by atoms with Crippen LogP contribution in [0.15, 0.2) is 60.8 Å². The van der Waals surface area contributed by atoms with Gasteiger partial charge in [-0.15, -0.1) is 0 Å². The van der Waals surface area contributed by atoms with Crippen molar-refractivity contribution < 1.29 is 18.3 Å². The molecule has 0 saturated heterocycles. The van der Waals surface area contributed by atoms with Gasteiger partial charge in [0.05, 0.1) is 7.11 Å². The van der Waals surface area contributed by atoms with Crippen LogP contribution < -0.4 is 15.4 Å². The Balaban J connectivity index is 1.72. The van der Waals surface area contributed by atoms with E-state index in [1.165, 1.54) is 24.4 Å². The number of nitrogens with one attached hydrogen (secondary N) is 2. The fourth-order valence-corrected chi connectivity index (χ4v) is 2.51. The van der Waals surface area contributed by atoms with E-state index in [0.29, 0.717) is 11.3 Å². The Hall–Kier alpha value is -3.48. The van der Waals surface area contributed by atoms with Gasteiger partial charge >= 0.3 is 0 Å².